The summed E-state index contributed by atoms with van der Waals surface area (Å²) in [6.45, 7) is 0.936. The van der Waals surface area contributed by atoms with Crippen molar-refractivity contribution < 1.29 is 10.2 Å². The third-order valence-corrected chi connectivity index (χ3v) is 2.55. The Hall–Kier alpha value is -0.940. The molecule has 0 bridgehead atoms. The Morgan fingerprint density at radius 3 is 2.50 bits per heavy atom. The molecule has 2 unspecified atom stereocenters. The predicted octanol–water partition coefficient (Wildman–Crippen LogP) is -0.0691. The van der Waals surface area contributed by atoms with Gasteiger partial charge in [0.2, 0.25) is 0 Å². The van der Waals surface area contributed by atoms with Gasteiger partial charge >= 0.3 is 0 Å². The molecule has 0 aromatic heterocycles. The average molecular weight is 224 g/mol. The molecule has 0 aliphatic carbocycles. The molecule has 0 aliphatic heterocycles. The molecule has 16 heavy (non-hydrogen) atoms. The second-order valence-electron chi connectivity index (χ2n) is 3.87. The van der Waals surface area contributed by atoms with Crippen LogP contribution in [-0.4, -0.2) is 29.4 Å². The number of benzene rings is 1. The van der Waals surface area contributed by atoms with E-state index < -0.39 is 12.2 Å². The van der Waals surface area contributed by atoms with Gasteiger partial charge in [0, 0.05) is 0 Å². The van der Waals surface area contributed by atoms with Crippen LogP contribution in [0.15, 0.2) is 24.3 Å². The fraction of sp³-hybridized carbons (Fsp3) is 0.500. The fourth-order valence-corrected chi connectivity index (χ4v) is 1.65. The van der Waals surface area contributed by atoms with Gasteiger partial charge in [-0.3, -0.25) is 0 Å². The Morgan fingerprint density at radius 1 is 1.12 bits per heavy atom. The molecule has 0 aliphatic rings. The number of hydrogen-bond acceptors (Lipinski definition) is 4. The van der Waals surface area contributed by atoms with E-state index in [4.69, 9.17) is 11.5 Å². The Kier molecular flexibility index (Phi) is 5.42. The minimum atomic E-state index is -0.874. The average Bonchev–Trinajstić information content (AvgIpc) is 2.29. The van der Waals surface area contributed by atoms with Crippen molar-refractivity contribution in [2.75, 3.05) is 13.1 Å². The number of nitrogens with two attached hydrogens (primary N) is 2. The smallest absolute Gasteiger partial charge is 0.105 e. The summed E-state index contributed by atoms with van der Waals surface area (Å²) in [7, 11) is 0. The summed E-state index contributed by atoms with van der Waals surface area (Å²) >= 11 is 0. The molecule has 1 aromatic rings. The summed E-state index contributed by atoms with van der Waals surface area (Å²) in [4.78, 5) is 0. The second kappa shape index (κ2) is 6.60. The molecule has 90 valence electrons. The maximum Gasteiger partial charge on any atom is 0.105 e. The molecular formula is C12H20N2O2. The third-order valence-electron chi connectivity index (χ3n) is 2.55. The van der Waals surface area contributed by atoms with Crippen molar-refractivity contribution in [3.63, 3.8) is 0 Å². The van der Waals surface area contributed by atoms with Crippen LogP contribution in [0.1, 0.15) is 23.7 Å². The molecular weight excluding hydrogens is 204 g/mol. The van der Waals surface area contributed by atoms with Gasteiger partial charge in [0.05, 0.1) is 6.10 Å². The Labute approximate surface area is 95.9 Å². The van der Waals surface area contributed by atoms with E-state index in [0.717, 1.165) is 12.0 Å². The molecule has 1 rings (SSSR count). The summed E-state index contributed by atoms with van der Waals surface area (Å²) in [5.74, 6) is 0. The normalized spacial score (nSPS) is 14.8. The molecule has 2 atom stereocenters. The lowest BCUT2D eigenvalue weighted by Gasteiger charge is -2.18. The first-order chi connectivity index (χ1) is 7.69. The molecule has 1 aromatic carbocycles. The van der Waals surface area contributed by atoms with Crippen LogP contribution >= 0.6 is 0 Å². The molecule has 6 N–H and O–H groups in total. The number of aliphatic hydroxyl groups is 2. The standard InChI is InChI=1S/C12H20N2O2/c13-6-4-9-2-1-3-10(8-9)12(16)11(15)5-7-14/h1-3,8,11-12,15-16H,4-7,13-14H2. The number of hydrogen-bond donors (Lipinski definition) is 4. The van der Waals surface area contributed by atoms with Gasteiger partial charge in [-0.1, -0.05) is 24.3 Å². The van der Waals surface area contributed by atoms with Crippen molar-refractivity contribution >= 4 is 0 Å². The quantitative estimate of drug-likeness (QED) is 0.544. The molecule has 0 amide bonds. The van der Waals surface area contributed by atoms with Gasteiger partial charge in [-0.2, -0.15) is 0 Å². The van der Waals surface area contributed by atoms with Crippen LogP contribution in [0, 0.1) is 0 Å². The van der Waals surface area contributed by atoms with Crippen molar-refractivity contribution in [1.82, 2.24) is 0 Å². The minimum Gasteiger partial charge on any atom is -0.390 e. The highest BCUT2D eigenvalue weighted by atomic mass is 16.3. The molecule has 4 heteroatoms. The molecule has 0 saturated heterocycles. The van der Waals surface area contributed by atoms with E-state index in [-0.39, 0.29) is 0 Å². The van der Waals surface area contributed by atoms with Gasteiger partial charge in [-0.25, -0.2) is 0 Å². The largest absolute Gasteiger partial charge is 0.390 e. The summed E-state index contributed by atoms with van der Waals surface area (Å²) in [5, 5.41) is 19.5. The van der Waals surface area contributed by atoms with Gasteiger partial charge in [-0.05, 0) is 37.1 Å². The highest BCUT2D eigenvalue weighted by molar-refractivity contribution is 5.26. The highest BCUT2D eigenvalue weighted by Crippen LogP contribution is 2.19. The van der Waals surface area contributed by atoms with E-state index in [0.29, 0.717) is 25.1 Å². The highest BCUT2D eigenvalue weighted by Gasteiger charge is 2.17. The third kappa shape index (κ3) is 3.57. The first kappa shape index (κ1) is 13.1. The minimum absolute atomic E-state index is 0.362. The summed E-state index contributed by atoms with van der Waals surface area (Å²) in [5.41, 5.74) is 12.6. The van der Waals surface area contributed by atoms with Crippen LogP contribution in [0.3, 0.4) is 0 Å². The van der Waals surface area contributed by atoms with Crippen molar-refractivity contribution in [1.29, 1.82) is 0 Å². The van der Waals surface area contributed by atoms with Crippen LogP contribution in [0.25, 0.3) is 0 Å². The van der Waals surface area contributed by atoms with Crippen LogP contribution in [-0.2, 0) is 6.42 Å². The van der Waals surface area contributed by atoms with E-state index in [9.17, 15) is 10.2 Å². The van der Waals surface area contributed by atoms with Gasteiger partial charge in [0.15, 0.2) is 0 Å². The van der Waals surface area contributed by atoms with Crippen LogP contribution in [0.2, 0.25) is 0 Å². The molecule has 0 saturated carbocycles. The van der Waals surface area contributed by atoms with E-state index in [1.165, 1.54) is 0 Å². The first-order valence-electron chi connectivity index (χ1n) is 5.54. The van der Waals surface area contributed by atoms with E-state index in [1.807, 2.05) is 18.2 Å². The summed E-state index contributed by atoms with van der Waals surface area (Å²) in [6, 6.07) is 7.48. The van der Waals surface area contributed by atoms with Crippen molar-refractivity contribution in [3.8, 4) is 0 Å². The zero-order valence-electron chi connectivity index (χ0n) is 9.34. The maximum atomic E-state index is 9.88. The van der Waals surface area contributed by atoms with Gasteiger partial charge < -0.3 is 21.7 Å². The van der Waals surface area contributed by atoms with Crippen LogP contribution in [0.4, 0.5) is 0 Å². The van der Waals surface area contributed by atoms with Crippen molar-refractivity contribution in [2.24, 2.45) is 11.5 Å². The zero-order chi connectivity index (χ0) is 12.0. The Bertz CT molecular complexity index is 318. The van der Waals surface area contributed by atoms with Gasteiger partial charge in [0.1, 0.15) is 6.10 Å². The second-order valence-corrected chi connectivity index (χ2v) is 3.87. The van der Waals surface area contributed by atoms with Gasteiger partial charge in [-0.15, -0.1) is 0 Å². The molecule has 0 heterocycles. The lowest BCUT2D eigenvalue weighted by Crippen LogP contribution is -2.21. The van der Waals surface area contributed by atoms with Crippen molar-refractivity contribution in [3.05, 3.63) is 35.4 Å². The van der Waals surface area contributed by atoms with Crippen LogP contribution < -0.4 is 11.5 Å². The number of aliphatic hydroxyl groups excluding tert-OH is 2. The summed E-state index contributed by atoms with van der Waals surface area (Å²) < 4.78 is 0. The Morgan fingerprint density at radius 2 is 1.88 bits per heavy atom. The van der Waals surface area contributed by atoms with Gasteiger partial charge in [0.25, 0.3) is 0 Å². The topological polar surface area (TPSA) is 92.5 Å². The fourth-order valence-electron chi connectivity index (χ4n) is 1.65. The lowest BCUT2D eigenvalue weighted by atomic mass is 9.99. The molecule has 0 fully saturated rings. The molecule has 4 nitrogen and oxygen atoms in total. The van der Waals surface area contributed by atoms with E-state index in [2.05, 4.69) is 0 Å². The number of rotatable bonds is 6. The molecule has 0 spiro atoms. The SMILES string of the molecule is NCCc1cccc(C(O)C(O)CCN)c1. The first-order valence-corrected chi connectivity index (χ1v) is 5.54. The summed E-state index contributed by atoms with van der Waals surface area (Å²) in [6.07, 6.45) is -0.519. The molecule has 0 radical (unpaired) electrons. The maximum absolute atomic E-state index is 9.88. The van der Waals surface area contributed by atoms with Crippen molar-refractivity contribution in [2.45, 2.75) is 25.0 Å². The lowest BCUT2D eigenvalue weighted by molar-refractivity contribution is 0.0150. The van der Waals surface area contributed by atoms with Crippen LogP contribution in [0.5, 0.6) is 0 Å². The van der Waals surface area contributed by atoms with E-state index >= 15 is 0 Å². The zero-order valence-corrected chi connectivity index (χ0v) is 9.34. The predicted molar refractivity (Wildman–Crippen MR) is 63.8 cm³/mol. The monoisotopic (exact) mass is 224 g/mol. The Balaban J connectivity index is 2.74. The van der Waals surface area contributed by atoms with E-state index in [1.54, 1.807) is 6.07 Å².